The predicted molar refractivity (Wildman–Crippen MR) is 98.3 cm³/mol. The molecule has 0 spiro atoms. The molecule has 0 amide bonds. The number of nitrogens with zero attached hydrogens (tertiary/aromatic N) is 4. The Kier molecular flexibility index (Phi) is 4.55. The van der Waals surface area contributed by atoms with E-state index in [4.69, 9.17) is 9.47 Å². The molecule has 1 aliphatic heterocycles. The van der Waals surface area contributed by atoms with E-state index in [1.165, 1.54) is 12.1 Å². The first-order valence-corrected chi connectivity index (χ1v) is 8.40. The molecule has 1 aromatic carbocycles. The molecular formula is C19H18FN5O2. The summed E-state index contributed by atoms with van der Waals surface area (Å²) in [5.74, 6) is 0.776. The molecule has 1 unspecified atom stereocenters. The molecule has 0 aliphatic carbocycles. The van der Waals surface area contributed by atoms with Gasteiger partial charge in [-0.2, -0.15) is 0 Å². The van der Waals surface area contributed by atoms with Gasteiger partial charge in [-0.3, -0.25) is 0 Å². The van der Waals surface area contributed by atoms with Gasteiger partial charge in [-0.1, -0.05) is 0 Å². The first-order chi connectivity index (χ1) is 13.1. The van der Waals surface area contributed by atoms with E-state index in [1.807, 2.05) is 19.0 Å². The van der Waals surface area contributed by atoms with Crippen LogP contribution >= 0.6 is 0 Å². The van der Waals surface area contributed by atoms with E-state index >= 15 is 0 Å². The minimum atomic E-state index is -0.641. The number of hydrogen-bond acceptors (Lipinski definition) is 6. The molecule has 0 saturated heterocycles. The molecule has 0 radical (unpaired) electrons. The van der Waals surface area contributed by atoms with Gasteiger partial charge in [-0.05, 0) is 36.4 Å². The highest BCUT2D eigenvalue weighted by atomic mass is 19.1. The van der Waals surface area contributed by atoms with Gasteiger partial charge in [-0.25, -0.2) is 19.3 Å². The van der Waals surface area contributed by atoms with Crippen molar-refractivity contribution in [2.24, 2.45) is 0 Å². The Morgan fingerprint density at radius 3 is 2.67 bits per heavy atom. The van der Waals surface area contributed by atoms with Crippen LogP contribution in [0.1, 0.15) is 12.1 Å². The fraction of sp³-hybridized carbons (Fsp3) is 0.211. The predicted octanol–water partition coefficient (Wildman–Crippen LogP) is 3.30. The number of rotatable bonds is 4. The van der Waals surface area contributed by atoms with Gasteiger partial charge in [-0.15, -0.1) is 0 Å². The van der Waals surface area contributed by atoms with E-state index < -0.39 is 6.29 Å². The quantitative estimate of drug-likeness (QED) is 0.763. The number of hydrogen-bond donors (Lipinski definition) is 1. The van der Waals surface area contributed by atoms with Gasteiger partial charge in [0, 0.05) is 25.9 Å². The van der Waals surface area contributed by atoms with Crippen molar-refractivity contribution in [3.63, 3.8) is 0 Å². The zero-order valence-electron chi connectivity index (χ0n) is 14.9. The summed E-state index contributed by atoms with van der Waals surface area (Å²) in [5.41, 5.74) is 2.74. The van der Waals surface area contributed by atoms with E-state index in [2.05, 4.69) is 19.9 Å². The van der Waals surface area contributed by atoms with Crippen molar-refractivity contribution in [3.05, 3.63) is 60.5 Å². The van der Waals surface area contributed by atoms with E-state index in [0.717, 1.165) is 5.56 Å². The van der Waals surface area contributed by atoms with Crippen LogP contribution in [0.3, 0.4) is 0 Å². The Balaban J connectivity index is 1.83. The van der Waals surface area contributed by atoms with Crippen molar-refractivity contribution in [1.29, 1.82) is 0 Å². The molecule has 0 bridgehead atoms. The van der Waals surface area contributed by atoms with E-state index in [-0.39, 0.29) is 5.82 Å². The van der Waals surface area contributed by atoms with Crippen LogP contribution in [0.2, 0.25) is 0 Å². The monoisotopic (exact) mass is 367 g/mol. The molecule has 138 valence electrons. The topological polar surface area (TPSA) is 76.2 Å². The molecule has 8 heteroatoms. The summed E-state index contributed by atoms with van der Waals surface area (Å²) in [6, 6.07) is 7.94. The second-order valence-electron chi connectivity index (χ2n) is 6.16. The van der Waals surface area contributed by atoms with E-state index in [0.29, 0.717) is 35.5 Å². The molecule has 7 nitrogen and oxygen atoms in total. The van der Waals surface area contributed by atoms with Crippen molar-refractivity contribution in [2.75, 3.05) is 25.6 Å². The molecule has 1 atom stereocenters. The number of aromatic amines is 1. The van der Waals surface area contributed by atoms with Crippen molar-refractivity contribution in [2.45, 2.75) is 6.29 Å². The summed E-state index contributed by atoms with van der Waals surface area (Å²) in [4.78, 5) is 18.5. The smallest absolute Gasteiger partial charge is 0.258 e. The Labute approximate surface area is 155 Å². The number of ether oxygens (including phenoxy) is 2. The van der Waals surface area contributed by atoms with Crippen LogP contribution in [0, 0.1) is 5.82 Å². The Bertz CT molecular complexity index is 968. The number of aromatic nitrogens is 4. The third-order valence-corrected chi connectivity index (χ3v) is 4.00. The summed E-state index contributed by atoms with van der Waals surface area (Å²) in [5, 5.41) is 0. The third-order valence-electron chi connectivity index (χ3n) is 4.00. The summed E-state index contributed by atoms with van der Waals surface area (Å²) in [7, 11) is 3.74. The number of H-pyrrole nitrogens is 1. The number of nitrogens with one attached hydrogen (secondary N) is 1. The SMILES string of the molecule is CN(C)c1nccc(-c2[nH]c(C3OC=CCO3)nc2-c2ccc(F)cc2)n1. The van der Waals surface area contributed by atoms with E-state index in [9.17, 15) is 4.39 Å². The van der Waals surface area contributed by atoms with E-state index in [1.54, 1.807) is 36.7 Å². The Morgan fingerprint density at radius 1 is 1.15 bits per heavy atom. The lowest BCUT2D eigenvalue weighted by Gasteiger charge is -2.17. The van der Waals surface area contributed by atoms with Gasteiger partial charge in [0.1, 0.15) is 5.82 Å². The van der Waals surface area contributed by atoms with Gasteiger partial charge in [0.2, 0.25) is 5.95 Å². The summed E-state index contributed by atoms with van der Waals surface area (Å²) in [6.07, 6.45) is 4.40. The number of imidazole rings is 1. The average molecular weight is 367 g/mol. The zero-order chi connectivity index (χ0) is 18.8. The maximum atomic E-state index is 13.4. The maximum absolute atomic E-state index is 13.4. The first kappa shape index (κ1) is 17.2. The summed E-state index contributed by atoms with van der Waals surface area (Å²) >= 11 is 0. The van der Waals surface area contributed by atoms with Crippen molar-refractivity contribution < 1.29 is 13.9 Å². The van der Waals surface area contributed by atoms with Crippen molar-refractivity contribution >= 4 is 5.95 Å². The number of anilines is 1. The van der Waals surface area contributed by atoms with Crippen LogP contribution < -0.4 is 4.90 Å². The molecule has 0 saturated carbocycles. The van der Waals surface area contributed by atoms with Crippen molar-refractivity contribution in [3.8, 4) is 22.6 Å². The lowest BCUT2D eigenvalue weighted by molar-refractivity contribution is -0.119. The van der Waals surface area contributed by atoms with Crippen LogP contribution in [0.5, 0.6) is 0 Å². The molecular weight excluding hydrogens is 349 g/mol. The van der Waals surface area contributed by atoms with Gasteiger partial charge in [0.15, 0.2) is 5.82 Å². The average Bonchev–Trinajstić information content (AvgIpc) is 3.15. The number of halogens is 1. The molecule has 2 aromatic heterocycles. The molecule has 1 aliphatic rings. The standard InChI is InChI=1S/C19H18FN5O2/c1-25(2)19-21-9-8-14(22-19)16-15(12-4-6-13(20)7-5-12)23-17(24-16)18-26-10-3-11-27-18/h3-10,18H,11H2,1-2H3,(H,23,24). The fourth-order valence-electron chi connectivity index (χ4n) is 2.70. The Morgan fingerprint density at radius 2 is 1.96 bits per heavy atom. The second-order valence-corrected chi connectivity index (χ2v) is 6.16. The minimum absolute atomic E-state index is 0.308. The van der Waals surface area contributed by atoms with Crippen LogP contribution in [0.15, 0.2) is 48.9 Å². The van der Waals surface area contributed by atoms with Gasteiger partial charge in [0.25, 0.3) is 6.29 Å². The van der Waals surface area contributed by atoms with Gasteiger partial charge >= 0.3 is 0 Å². The number of benzene rings is 1. The zero-order valence-corrected chi connectivity index (χ0v) is 14.9. The molecule has 3 heterocycles. The Hall–Kier alpha value is -3.26. The fourth-order valence-corrected chi connectivity index (χ4v) is 2.70. The van der Waals surface area contributed by atoms with Gasteiger partial charge in [0.05, 0.1) is 30.0 Å². The summed E-state index contributed by atoms with van der Waals surface area (Å²) in [6.45, 7) is 0.435. The second kappa shape index (κ2) is 7.16. The molecule has 4 rings (SSSR count). The molecule has 3 aromatic rings. The largest absolute Gasteiger partial charge is 0.465 e. The highest BCUT2D eigenvalue weighted by molar-refractivity contribution is 5.77. The lowest BCUT2D eigenvalue weighted by Crippen LogP contribution is -2.13. The highest BCUT2D eigenvalue weighted by Crippen LogP contribution is 2.32. The van der Waals surface area contributed by atoms with Crippen molar-refractivity contribution in [1.82, 2.24) is 19.9 Å². The first-order valence-electron chi connectivity index (χ1n) is 8.40. The van der Waals surface area contributed by atoms with Crippen LogP contribution in [-0.2, 0) is 9.47 Å². The minimum Gasteiger partial charge on any atom is -0.465 e. The molecule has 1 N–H and O–H groups in total. The maximum Gasteiger partial charge on any atom is 0.258 e. The molecule has 27 heavy (non-hydrogen) atoms. The van der Waals surface area contributed by atoms with Crippen LogP contribution in [0.4, 0.5) is 10.3 Å². The highest BCUT2D eigenvalue weighted by Gasteiger charge is 2.23. The van der Waals surface area contributed by atoms with Crippen LogP contribution in [-0.4, -0.2) is 40.6 Å². The normalized spacial score (nSPS) is 16.2. The van der Waals surface area contributed by atoms with Crippen LogP contribution in [0.25, 0.3) is 22.6 Å². The lowest BCUT2D eigenvalue weighted by atomic mass is 10.1. The third kappa shape index (κ3) is 3.52. The van der Waals surface area contributed by atoms with Gasteiger partial charge < -0.3 is 19.4 Å². The molecule has 0 fully saturated rings. The summed E-state index contributed by atoms with van der Waals surface area (Å²) < 4.78 is 24.4.